The molecule has 0 radical (unpaired) electrons. The molecule has 2 rings (SSSR count). The summed E-state index contributed by atoms with van der Waals surface area (Å²) in [4.78, 5) is 2.20. The molecule has 21 heavy (non-hydrogen) atoms. The first-order valence-electron chi connectivity index (χ1n) is 6.60. The fourth-order valence-corrected chi connectivity index (χ4v) is 4.83. The van der Waals surface area contributed by atoms with Crippen molar-refractivity contribution < 1.29 is 12.8 Å². The molecule has 2 aromatic heterocycles. The fourth-order valence-electron chi connectivity index (χ4n) is 2.08. The maximum absolute atomic E-state index is 12.7. The summed E-state index contributed by atoms with van der Waals surface area (Å²) >= 11 is 1.50. The van der Waals surface area contributed by atoms with E-state index in [4.69, 9.17) is 4.42 Å². The topological polar surface area (TPSA) is 62.6 Å². The van der Waals surface area contributed by atoms with Crippen LogP contribution < -0.4 is 5.32 Å². The molecule has 2 aromatic rings. The number of hydrogen-bond donors (Lipinski definition) is 1. The van der Waals surface area contributed by atoms with Gasteiger partial charge < -0.3 is 9.73 Å². The zero-order valence-corrected chi connectivity index (χ0v) is 14.3. The van der Waals surface area contributed by atoms with Gasteiger partial charge in [-0.1, -0.05) is 0 Å². The molecule has 0 aliphatic carbocycles. The standard InChI is InChI=1S/C14H20N2O3S2/c1-10-5-6-12(19-10)9-16(4)21(17,18)14-7-13(8-15-3)20-11(14)2/h5-7,15H,8-9H2,1-4H3. The van der Waals surface area contributed by atoms with E-state index < -0.39 is 10.0 Å². The van der Waals surface area contributed by atoms with Crippen molar-refractivity contribution in [2.75, 3.05) is 14.1 Å². The van der Waals surface area contributed by atoms with Crippen LogP contribution in [0.4, 0.5) is 0 Å². The highest BCUT2D eigenvalue weighted by atomic mass is 32.2. The maximum atomic E-state index is 12.7. The molecule has 7 heteroatoms. The Morgan fingerprint density at radius 1 is 1.33 bits per heavy atom. The molecule has 0 aliphatic rings. The lowest BCUT2D eigenvalue weighted by Gasteiger charge is -2.15. The van der Waals surface area contributed by atoms with Crippen LogP contribution in [0.3, 0.4) is 0 Å². The molecular weight excluding hydrogens is 308 g/mol. The second-order valence-electron chi connectivity index (χ2n) is 4.94. The molecule has 0 saturated carbocycles. The molecule has 116 valence electrons. The lowest BCUT2D eigenvalue weighted by Crippen LogP contribution is -2.26. The summed E-state index contributed by atoms with van der Waals surface area (Å²) < 4.78 is 32.1. The van der Waals surface area contributed by atoms with E-state index in [2.05, 4.69) is 5.32 Å². The van der Waals surface area contributed by atoms with Crippen molar-refractivity contribution in [3.63, 3.8) is 0 Å². The SMILES string of the molecule is CNCc1cc(S(=O)(=O)N(C)Cc2ccc(C)o2)c(C)s1. The van der Waals surface area contributed by atoms with Crippen molar-refractivity contribution in [2.24, 2.45) is 0 Å². The van der Waals surface area contributed by atoms with Gasteiger partial charge in [-0.05, 0) is 39.1 Å². The molecule has 0 saturated heterocycles. The Hall–Kier alpha value is -1.15. The molecule has 0 amide bonds. The smallest absolute Gasteiger partial charge is 0.244 e. The van der Waals surface area contributed by atoms with E-state index in [0.717, 1.165) is 15.5 Å². The van der Waals surface area contributed by atoms with Gasteiger partial charge >= 0.3 is 0 Å². The molecule has 1 N–H and O–H groups in total. The van der Waals surface area contributed by atoms with E-state index in [1.165, 1.54) is 15.6 Å². The third kappa shape index (κ3) is 3.55. The first-order chi connectivity index (χ1) is 9.84. The number of furan rings is 1. The van der Waals surface area contributed by atoms with Crippen molar-refractivity contribution >= 4 is 21.4 Å². The first kappa shape index (κ1) is 16.2. The Labute approximate surface area is 129 Å². The van der Waals surface area contributed by atoms with Gasteiger partial charge in [0.15, 0.2) is 0 Å². The first-order valence-corrected chi connectivity index (χ1v) is 8.86. The van der Waals surface area contributed by atoms with Crippen LogP contribution in [0.2, 0.25) is 0 Å². The van der Waals surface area contributed by atoms with E-state index in [1.54, 1.807) is 19.2 Å². The monoisotopic (exact) mass is 328 g/mol. The lowest BCUT2D eigenvalue weighted by atomic mass is 10.4. The van der Waals surface area contributed by atoms with Gasteiger partial charge in [0, 0.05) is 23.3 Å². The molecule has 0 aliphatic heterocycles. The summed E-state index contributed by atoms with van der Waals surface area (Å²) in [7, 11) is -0.0868. The van der Waals surface area contributed by atoms with E-state index in [1.807, 2.05) is 27.0 Å². The third-order valence-corrected chi connectivity index (χ3v) is 6.25. The fraction of sp³-hybridized carbons (Fsp3) is 0.429. The number of nitrogens with zero attached hydrogens (tertiary/aromatic N) is 1. The van der Waals surface area contributed by atoms with Crippen LogP contribution in [0.5, 0.6) is 0 Å². The van der Waals surface area contributed by atoms with Gasteiger partial charge in [-0.2, -0.15) is 4.31 Å². The van der Waals surface area contributed by atoms with Crippen LogP contribution in [0.15, 0.2) is 27.5 Å². The van der Waals surface area contributed by atoms with Crippen LogP contribution in [0, 0.1) is 13.8 Å². The van der Waals surface area contributed by atoms with Crippen LogP contribution in [0.25, 0.3) is 0 Å². The molecule has 0 fully saturated rings. The third-order valence-electron chi connectivity index (χ3n) is 3.14. The zero-order valence-electron chi connectivity index (χ0n) is 12.6. The summed E-state index contributed by atoms with van der Waals surface area (Å²) in [6, 6.07) is 5.38. The Balaban J connectivity index is 2.24. The minimum atomic E-state index is -3.50. The largest absolute Gasteiger partial charge is 0.465 e. The summed E-state index contributed by atoms with van der Waals surface area (Å²) in [5.74, 6) is 1.42. The van der Waals surface area contributed by atoms with Crippen LogP contribution >= 0.6 is 11.3 Å². The van der Waals surface area contributed by atoms with Gasteiger partial charge in [0.05, 0.1) is 11.4 Å². The van der Waals surface area contributed by atoms with E-state index in [9.17, 15) is 8.42 Å². The van der Waals surface area contributed by atoms with Gasteiger partial charge in [0.25, 0.3) is 0 Å². The average molecular weight is 328 g/mol. The molecule has 0 aromatic carbocycles. The quantitative estimate of drug-likeness (QED) is 0.885. The number of sulfonamides is 1. The highest BCUT2D eigenvalue weighted by molar-refractivity contribution is 7.89. The molecule has 0 bridgehead atoms. The number of aryl methyl sites for hydroxylation is 2. The summed E-state index contributed by atoms with van der Waals surface area (Å²) in [5, 5.41) is 3.03. The van der Waals surface area contributed by atoms with Crippen LogP contribution in [0.1, 0.15) is 21.3 Å². The number of hydrogen-bond acceptors (Lipinski definition) is 5. The second kappa shape index (κ2) is 6.31. The Kier molecular flexibility index (Phi) is 4.88. The van der Waals surface area contributed by atoms with Crippen LogP contribution in [-0.4, -0.2) is 26.8 Å². The molecule has 0 atom stereocenters. The summed E-state index contributed by atoms with van der Waals surface area (Å²) in [6.45, 7) is 4.57. The van der Waals surface area contributed by atoms with E-state index >= 15 is 0 Å². The second-order valence-corrected chi connectivity index (χ2v) is 8.29. The van der Waals surface area contributed by atoms with Crippen molar-refractivity contribution in [1.82, 2.24) is 9.62 Å². The highest BCUT2D eigenvalue weighted by Crippen LogP contribution is 2.28. The molecule has 5 nitrogen and oxygen atoms in total. The Morgan fingerprint density at radius 2 is 2.05 bits per heavy atom. The zero-order chi connectivity index (χ0) is 15.6. The van der Waals surface area contributed by atoms with Gasteiger partial charge in [-0.25, -0.2) is 8.42 Å². The number of nitrogens with one attached hydrogen (secondary N) is 1. The van der Waals surface area contributed by atoms with Crippen molar-refractivity contribution in [1.29, 1.82) is 0 Å². The molecule has 0 spiro atoms. The van der Waals surface area contributed by atoms with Crippen molar-refractivity contribution in [2.45, 2.75) is 31.8 Å². The summed E-state index contributed by atoms with van der Waals surface area (Å²) in [5.41, 5.74) is 0. The molecular formula is C14H20N2O3S2. The average Bonchev–Trinajstić information content (AvgIpc) is 2.96. The van der Waals surface area contributed by atoms with Gasteiger partial charge in [-0.15, -0.1) is 11.3 Å². The number of thiophene rings is 1. The lowest BCUT2D eigenvalue weighted by molar-refractivity contribution is 0.397. The normalized spacial score (nSPS) is 12.2. The van der Waals surface area contributed by atoms with Crippen molar-refractivity contribution in [3.05, 3.63) is 39.5 Å². The van der Waals surface area contributed by atoms with Gasteiger partial charge in [0.1, 0.15) is 11.5 Å². The minimum absolute atomic E-state index is 0.229. The Bertz CT molecular complexity index is 716. The van der Waals surface area contributed by atoms with Crippen molar-refractivity contribution in [3.8, 4) is 0 Å². The van der Waals surface area contributed by atoms with Gasteiger partial charge in [0.2, 0.25) is 10.0 Å². The van der Waals surface area contributed by atoms with E-state index in [-0.39, 0.29) is 6.54 Å². The van der Waals surface area contributed by atoms with Crippen LogP contribution in [-0.2, 0) is 23.1 Å². The maximum Gasteiger partial charge on any atom is 0.244 e. The minimum Gasteiger partial charge on any atom is -0.465 e. The van der Waals surface area contributed by atoms with Gasteiger partial charge in [-0.3, -0.25) is 0 Å². The predicted molar refractivity (Wildman–Crippen MR) is 83.9 cm³/mol. The molecule has 2 heterocycles. The van der Waals surface area contributed by atoms with E-state index in [0.29, 0.717) is 17.2 Å². The Morgan fingerprint density at radius 3 is 2.62 bits per heavy atom. The highest BCUT2D eigenvalue weighted by Gasteiger charge is 2.25. The number of rotatable bonds is 6. The predicted octanol–water partition coefficient (Wildman–Crippen LogP) is 2.50. The summed E-state index contributed by atoms with van der Waals surface area (Å²) in [6.07, 6.45) is 0. The molecule has 0 unspecified atom stereocenters.